The molecule has 0 bridgehead atoms. The van der Waals surface area contributed by atoms with Gasteiger partial charge in [-0.1, -0.05) is 30.3 Å². The number of nitrogens with one attached hydrogen (secondary N) is 3. The summed E-state index contributed by atoms with van der Waals surface area (Å²) in [6.07, 6.45) is 1.61. The molecule has 2 aromatic carbocycles. The Kier molecular flexibility index (Phi) is 4.70. The van der Waals surface area contributed by atoms with E-state index in [1.165, 1.54) is 0 Å². The summed E-state index contributed by atoms with van der Waals surface area (Å²) in [5, 5.41) is 0.792. The lowest BCUT2D eigenvalue weighted by Gasteiger charge is -2.11. The van der Waals surface area contributed by atoms with Crippen LogP contribution in [0.25, 0.3) is 10.9 Å². The van der Waals surface area contributed by atoms with E-state index >= 15 is 0 Å². The topological polar surface area (TPSA) is 83.2 Å². The van der Waals surface area contributed by atoms with Gasteiger partial charge in [-0.3, -0.25) is 20.4 Å². The minimum Gasteiger partial charge on any atom is -0.483 e. The van der Waals surface area contributed by atoms with Crippen LogP contribution in [0.5, 0.6) is 5.75 Å². The van der Waals surface area contributed by atoms with Crippen molar-refractivity contribution in [1.82, 2.24) is 15.8 Å². The summed E-state index contributed by atoms with van der Waals surface area (Å²) in [5.74, 6) is -0.176. The summed E-state index contributed by atoms with van der Waals surface area (Å²) in [6.45, 7) is 3.68. The standard InChI is InChI=1S/C19H19N3O3/c1-12-7-8-13(2)17(9-12)25-11-18(23)21-22-19(24)15-10-20-16-6-4-3-5-14(15)16/h3-10,20H,11H2,1-2H3,(H,21,23)(H,22,24). The summed E-state index contributed by atoms with van der Waals surface area (Å²) in [7, 11) is 0. The number of aromatic amines is 1. The van der Waals surface area contributed by atoms with E-state index in [0.717, 1.165) is 22.0 Å². The minimum atomic E-state index is -0.436. The van der Waals surface area contributed by atoms with Gasteiger partial charge >= 0.3 is 0 Å². The van der Waals surface area contributed by atoms with Crippen LogP contribution in [-0.4, -0.2) is 23.4 Å². The van der Waals surface area contributed by atoms with Crippen LogP contribution in [0, 0.1) is 13.8 Å². The lowest BCUT2D eigenvalue weighted by molar-refractivity contribution is -0.123. The summed E-state index contributed by atoms with van der Waals surface area (Å²) >= 11 is 0. The van der Waals surface area contributed by atoms with Crippen molar-refractivity contribution in [1.29, 1.82) is 0 Å². The molecule has 0 saturated heterocycles. The SMILES string of the molecule is Cc1ccc(C)c(OCC(=O)NNC(=O)c2c[nH]c3ccccc23)c1. The number of rotatable bonds is 4. The molecule has 25 heavy (non-hydrogen) atoms. The Morgan fingerprint density at radius 3 is 2.72 bits per heavy atom. The molecule has 0 aliphatic heterocycles. The highest BCUT2D eigenvalue weighted by molar-refractivity contribution is 6.07. The van der Waals surface area contributed by atoms with E-state index in [4.69, 9.17) is 4.74 Å². The molecule has 128 valence electrons. The summed E-state index contributed by atoms with van der Waals surface area (Å²) in [5.41, 5.74) is 8.08. The van der Waals surface area contributed by atoms with Gasteiger partial charge in [-0.2, -0.15) is 0 Å². The maximum Gasteiger partial charge on any atom is 0.276 e. The lowest BCUT2D eigenvalue weighted by atomic mass is 10.1. The molecule has 3 rings (SSSR count). The highest BCUT2D eigenvalue weighted by Crippen LogP contribution is 2.19. The number of carbonyl (C=O) groups is 2. The van der Waals surface area contributed by atoms with Crippen molar-refractivity contribution in [2.24, 2.45) is 0 Å². The highest BCUT2D eigenvalue weighted by Gasteiger charge is 2.12. The number of hydrogen-bond acceptors (Lipinski definition) is 3. The third kappa shape index (κ3) is 3.80. The third-order valence-corrected chi connectivity index (χ3v) is 3.85. The molecule has 0 aliphatic rings. The predicted molar refractivity (Wildman–Crippen MR) is 95.3 cm³/mol. The lowest BCUT2D eigenvalue weighted by Crippen LogP contribution is -2.43. The van der Waals surface area contributed by atoms with Crippen LogP contribution in [0.3, 0.4) is 0 Å². The molecule has 6 heteroatoms. The Labute approximate surface area is 145 Å². The van der Waals surface area contributed by atoms with Crippen molar-refractivity contribution >= 4 is 22.7 Å². The average molecular weight is 337 g/mol. The molecule has 1 heterocycles. The zero-order chi connectivity index (χ0) is 17.8. The number of amides is 2. The number of aryl methyl sites for hydroxylation is 2. The second-order valence-corrected chi connectivity index (χ2v) is 5.81. The highest BCUT2D eigenvalue weighted by atomic mass is 16.5. The summed E-state index contributed by atoms with van der Waals surface area (Å²) in [4.78, 5) is 27.1. The van der Waals surface area contributed by atoms with Crippen molar-refractivity contribution in [3.05, 3.63) is 65.4 Å². The maximum absolute atomic E-state index is 12.2. The molecule has 3 aromatic rings. The largest absolute Gasteiger partial charge is 0.483 e. The van der Waals surface area contributed by atoms with Crippen molar-refractivity contribution in [3.8, 4) is 5.75 Å². The smallest absolute Gasteiger partial charge is 0.276 e. The van der Waals surface area contributed by atoms with Crippen LogP contribution in [-0.2, 0) is 4.79 Å². The molecule has 3 N–H and O–H groups in total. The van der Waals surface area contributed by atoms with Crippen LogP contribution in [0.1, 0.15) is 21.5 Å². The number of hydrogen-bond donors (Lipinski definition) is 3. The van der Waals surface area contributed by atoms with Crippen LogP contribution in [0.4, 0.5) is 0 Å². The number of H-pyrrole nitrogens is 1. The molecule has 6 nitrogen and oxygen atoms in total. The first-order valence-corrected chi connectivity index (χ1v) is 7.90. The number of benzene rings is 2. The van der Waals surface area contributed by atoms with Gasteiger partial charge in [0.05, 0.1) is 5.56 Å². The van der Waals surface area contributed by atoms with Gasteiger partial charge in [0.2, 0.25) is 0 Å². The fraction of sp³-hybridized carbons (Fsp3) is 0.158. The Morgan fingerprint density at radius 2 is 1.88 bits per heavy atom. The van der Waals surface area contributed by atoms with Gasteiger partial charge in [-0.05, 0) is 37.1 Å². The Bertz CT molecular complexity index is 931. The molecule has 0 saturated carbocycles. The molecule has 0 atom stereocenters. The molecule has 0 unspecified atom stereocenters. The normalized spacial score (nSPS) is 10.5. The van der Waals surface area contributed by atoms with Gasteiger partial charge in [0.25, 0.3) is 11.8 Å². The first kappa shape index (κ1) is 16.6. The van der Waals surface area contributed by atoms with Gasteiger partial charge < -0.3 is 9.72 Å². The zero-order valence-corrected chi connectivity index (χ0v) is 14.1. The van der Waals surface area contributed by atoms with Crippen LogP contribution in [0.15, 0.2) is 48.7 Å². The van der Waals surface area contributed by atoms with Gasteiger partial charge in [0.15, 0.2) is 6.61 Å². The first-order chi connectivity index (χ1) is 12.0. The second kappa shape index (κ2) is 7.09. The van der Waals surface area contributed by atoms with Crippen LogP contribution < -0.4 is 15.6 Å². The maximum atomic E-state index is 12.2. The number of hydrazine groups is 1. The molecule has 0 aliphatic carbocycles. The number of carbonyl (C=O) groups excluding carboxylic acids is 2. The minimum absolute atomic E-state index is 0.182. The Hall–Kier alpha value is -3.28. The first-order valence-electron chi connectivity index (χ1n) is 7.90. The average Bonchev–Trinajstić information content (AvgIpc) is 3.04. The molecule has 0 spiro atoms. The molecule has 0 radical (unpaired) electrons. The molecule has 2 amide bonds. The predicted octanol–water partition coefficient (Wildman–Crippen LogP) is 2.62. The van der Waals surface area contributed by atoms with Crippen molar-refractivity contribution in [2.45, 2.75) is 13.8 Å². The zero-order valence-electron chi connectivity index (χ0n) is 14.1. The molecule has 1 aromatic heterocycles. The van der Waals surface area contributed by atoms with Crippen LogP contribution in [0.2, 0.25) is 0 Å². The van der Waals surface area contributed by atoms with E-state index in [0.29, 0.717) is 11.3 Å². The van der Waals surface area contributed by atoms with Gasteiger partial charge in [0, 0.05) is 17.1 Å². The fourth-order valence-electron chi connectivity index (χ4n) is 2.50. The van der Waals surface area contributed by atoms with E-state index in [9.17, 15) is 9.59 Å². The van der Waals surface area contributed by atoms with E-state index in [-0.39, 0.29) is 6.61 Å². The number of ether oxygens (including phenoxy) is 1. The van der Waals surface area contributed by atoms with Gasteiger partial charge in [-0.15, -0.1) is 0 Å². The Morgan fingerprint density at radius 1 is 1.08 bits per heavy atom. The molecular formula is C19H19N3O3. The van der Waals surface area contributed by atoms with Gasteiger partial charge in [-0.25, -0.2) is 0 Å². The number of aromatic nitrogens is 1. The van der Waals surface area contributed by atoms with Crippen LogP contribution >= 0.6 is 0 Å². The summed E-state index contributed by atoms with van der Waals surface area (Å²) < 4.78 is 5.50. The summed E-state index contributed by atoms with van der Waals surface area (Å²) in [6, 6.07) is 13.2. The van der Waals surface area contributed by atoms with Gasteiger partial charge in [0.1, 0.15) is 5.75 Å². The fourth-order valence-corrected chi connectivity index (χ4v) is 2.50. The second-order valence-electron chi connectivity index (χ2n) is 5.81. The Balaban J connectivity index is 1.55. The quantitative estimate of drug-likeness (QED) is 0.640. The van der Waals surface area contributed by atoms with Crippen molar-refractivity contribution in [3.63, 3.8) is 0 Å². The van der Waals surface area contributed by atoms with E-state index in [1.807, 2.05) is 56.3 Å². The molecular weight excluding hydrogens is 318 g/mol. The number of para-hydroxylation sites is 1. The monoisotopic (exact) mass is 337 g/mol. The third-order valence-electron chi connectivity index (χ3n) is 3.85. The van der Waals surface area contributed by atoms with E-state index < -0.39 is 11.8 Å². The number of fused-ring (bicyclic) bond motifs is 1. The van der Waals surface area contributed by atoms with E-state index in [2.05, 4.69) is 15.8 Å². The molecule has 0 fully saturated rings. The van der Waals surface area contributed by atoms with Crippen molar-refractivity contribution in [2.75, 3.05) is 6.61 Å². The van der Waals surface area contributed by atoms with E-state index in [1.54, 1.807) is 6.20 Å². The van der Waals surface area contributed by atoms with Crippen molar-refractivity contribution < 1.29 is 14.3 Å².